The topological polar surface area (TPSA) is 95.2 Å². The second-order valence-corrected chi connectivity index (χ2v) is 3.21. The number of nitro benzene ring substituents is 1. The van der Waals surface area contributed by atoms with Crippen molar-refractivity contribution in [2.75, 3.05) is 6.54 Å². The first kappa shape index (κ1) is 10.9. The summed E-state index contributed by atoms with van der Waals surface area (Å²) in [5.41, 5.74) is 11.6. The predicted molar refractivity (Wildman–Crippen MR) is 54.1 cm³/mol. The van der Waals surface area contributed by atoms with E-state index in [1.54, 1.807) is 0 Å². The standard InChI is InChI=1S/C8H10ClN3O2/c9-7-3-5(12(13)14)1-2-6(7)8(11)4-10/h1-3,8H,4,10-11H2. The molecule has 4 N–H and O–H groups in total. The van der Waals surface area contributed by atoms with Crippen molar-refractivity contribution in [2.45, 2.75) is 6.04 Å². The molecule has 0 aliphatic rings. The first-order valence-corrected chi connectivity index (χ1v) is 4.33. The molecule has 0 spiro atoms. The average molecular weight is 216 g/mol. The zero-order valence-electron chi connectivity index (χ0n) is 7.31. The Morgan fingerprint density at radius 2 is 2.21 bits per heavy atom. The van der Waals surface area contributed by atoms with Crippen molar-refractivity contribution in [3.63, 3.8) is 0 Å². The fraction of sp³-hybridized carbons (Fsp3) is 0.250. The van der Waals surface area contributed by atoms with E-state index in [1.165, 1.54) is 18.2 Å². The molecule has 6 heteroatoms. The smallest absolute Gasteiger partial charge is 0.270 e. The van der Waals surface area contributed by atoms with Gasteiger partial charge in [0.15, 0.2) is 0 Å². The number of hydrogen-bond acceptors (Lipinski definition) is 4. The molecule has 0 aliphatic heterocycles. The summed E-state index contributed by atoms with van der Waals surface area (Å²) in [6.45, 7) is 0.248. The quantitative estimate of drug-likeness (QED) is 0.585. The van der Waals surface area contributed by atoms with Gasteiger partial charge >= 0.3 is 0 Å². The van der Waals surface area contributed by atoms with Crippen LogP contribution in [-0.4, -0.2) is 11.5 Å². The van der Waals surface area contributed by atoms with Gasteiger partial charge in [0, 0.05) is 24.7 Å². The van der Waals surface area contributed by atoms with Crippen LogP contribution in [0, 0.1) is 10.1 Å². The molecule has 1 atom stereocenters. The fourth-order valence-corrected chi connectivity index (χ4v) is 1.37. The molecule has 0 aliphatic carbocycles. The van der Waals surface area contributed by atoms with E-state index in [0.717, 1.165) is 0 Å². The summed E-state index contributed by atoms with van der Waals surface area (Å²) >= 11 is 5.81. The highest BCUT2D eigenvalue weighted by Crippen LogP contribution is 2.25. The van der Waals surface area contributed by atoms with Crippen LogP contribution in [0.15, 0.2) is 18.2 Å². The first-order chi connectivity index (χ1) is 6.56. The van der Waals surface area contributed by atoms with Gasteiger partial charge < -0.3 is 11.5 Å². The predicted octanol–water partition coefficient (Wildman–Crippen LogP) is 1.21. The van der Waals surface area contributed by atoms with Gasteiger partial charge in [-0.15, -0.1) is 0 Å². The summed E-state index contributed by atoms with van der Waals surface area (Å²) in [6, 6.07) is 3.77. The molecule has 0 fully saturated rings. The van der Waals surface area contributed by atoms with Crippen LogP contribution in [-0.2, 0) is 0 Å². The lowest BCUT2D eigenvalue weighted by molar-refractivity contribution is -0.384. The van der Waals surface area contributed by atoms with E-state index in [4.69, 9.17) is 23.1 Å². The maximum Gasteiger partial charge on any atom is 0.270 e. The van der Waals surface area contributed by atoms with E-state index in [-0.39, 0.29) is 23.3 Å². The molecule has 1 unspecified atom stereocenters. The molecule has 0 bridgehead atoms. The van der Waals surface area contributed by atoms with E-state index in [0.29, 0.717) is 5.56 Å². The van der Waals surface area contributed by atoms with Crippen molar-refractivity contribution in [1.82, 2.24) is 0 Å². The summed E-state index contributed by atoms with van der Waals surface area (Å²) < 4.78 is 0. The molecule has 0 saturated heterocycles. The lowest BCUT2D eigenvalue weighted by Crippen LogP contribution is -2.21. The van der Waals surface area contributed by atoms with Gasteiger partial charge in [-0.05, 0) is 11.6 Å². The van der Waals surface area contributed by atoms with Gasteiger partial charge in [0.25, 0.3) is 5.69 Å². The molecular weight excluding hydrogens is 206 g/mol. The fourth-order valence-electron chi connectivity index (χ4n) is 1.06. The number of rotatable bonds is 3. The van der Waals surface area contributed by atoms with E-state index in [9.17, 15) is 10.1 Å². The van der Waals surface area contributed by atoms with E-state index >= 15 is 0 Å². The number of hydrogen-bond donors (Lipinski definition) is 2. The Kier molecular flexibility index (Phi) is 3.40. The lowest BCUT2D eigenvalue weighted by Gasteiger charge is -2.10. The minimum atomic E-state index is -0.510. The van der Waals surface area contributed by atoms with Crippen LogP contribution >= 0.6 is 11.6 Å². The molecule has 0 amide bonds. The third-order valence-corrected chi connectivity index (χ3v) is 2.18. The second-order valence-electron chi connectivity index (χ2n) is 2.81. The minimum Gasteiger partial charge on any atom is -0.329 e. The van der Waals surface area contributed by atoms with Crippen LogP contribution in [0.25, 0.3) is 0 Å². The van der Waals surface area contributed by atoms with Crippen molar-refractivity contribution in [3.05, 3.63) is 38.9 Å². The van der Waals surface area contributed by atoms with Gasteiger partial charge in [0.2, 0.25) is 0 Å². The Balaban J connectivity index is 3.07. The number of nitrogens with zero attached hydrogens (tertiary/aromatic N) is 1. The molecule has 14 heavy (non-hydrogen) atoms. The molecule has 76 valence electrons. The maximum absolute atomic E-state index is 10.4. The lowest BCUT2D eigenvalue weighted by atomic mass is 10.1. The monoisotopic (exact) mass is 215 g/mol. The Morgan fingerprint density at radius 1 is 1.57 bits per heavy atom. The number of non-ortho nitro benzene ring substituents is 1. The zero-order valence-corrected chi connectivity index (χ0v) is 8.07. The van der Waals surface area contributed by atoms with Crippen LogP contribution in [0.5, 0.6) is 0 Å². The molecule has 0 heterocycles. The van der Waals surface area contributed by atoms with Crippen LogP contribution < -0.4 is 11.5 Å². The SMILES string of the molecule is NCC(N)c1ccc([N+](=O)[O-])cc1Cl. The molecular formula is C8H10ClN3O2. The van der Waals surface area contributed by atoms with Crippen molar-refractivity contribution in [2.24, 2.45) is 11.5 Å². The maximum atomic E-state index is 10.4. The molecule has 1 aromatic rings. The molecule has 0 saturated carbocycles. The summed E-state index contributed by atoms with van der Waals surface area (Å²) in [4.78, 5) is 9.88. The van der Waals surface area contributed by atoms with Crippen molar-refractivity contribution in [1.29, 1.82) is 0 Å². The summed E-state index contributed by atoms with van der Waals surface area (Å²) in [7, 11) is 0. The largest absolute Gasteiger partial charge is 0.329 e. The summed E-state index contributed by atoms with van der Waals surface area (Å²) in [5.74, 6) is 0. The van der Waals surface area contributed by atoms with Gasteiger partial charge in [-0.1, -0.05) is 11.6 Å². The van der Waals surface area contributed by atoms with Crippen LogP contribution in [0.3, 0.4) is 0 Å². The van der Waals surface area contributed by atoms with Crippen molar-refractivity contribution in [3.8, 4) is 0 Å². The van der Waals surface area contributed by atoms with Crippen LogP contribution in [0.1, 0.15) is 11.6 Å². The first-order valence-electron chi connectivity index (χ1n) is 3.95. The normalized spacial score (nSPS) is 12.5. The van der Waals surface area contributed by atoms with Gasteiger partial charge in [0.05, 0.1) is 9.95 Å². The Hall–Kier alpha value is -1.17. The average Bonchev–Trinajstić information content (AvgIpc) is 2.16. The highest BCUT2D eigenvalue weighted by atomic mass is 35.5. The summed E-state index contributed by atoms with van der Waals surface area (Å²) in [6.07, 6.45) is 0. The van der Waals surface area contributed by atoms with Gasteiger partial charge in [-0.25, -0.2) is 0 Å². The number of halogens is 1. The molecule has 0 aromatic heterocycles. The second kappa shape index (κ2) is 4.36. The highest BCUT2D eigenvalue weighted by molar-refractivity contribution is 6.31. The van der Waals surface area contributed by atoms with Crippen molar-refractivity contribution < 1.29 is 4.92 Å². The van der Waals surface area contributed by atoms with Gasteiger partial charge in [-0.3, -0.25) is 10.1 Å². The Bertz CT molecular complexity index is 356. The van der Waals surface area contributed by atoms with Crippen molar-refractivity contribution >= 4 is 17.3 Å². The number of nitro groups is 1. The number of nitrogens with two attached hydrogens (primary N) is 2. The Labute approximate surface area is 85.8 Å². The van der Waals surface area contributed by atoms with E-state index < -0.39 is 4.92 Å². The number of benzene rings is 1. The third kappa shape index (κ3) is 2.20. The van der Waals surface area contributed by atoms with Crippen LogP contribution in [0.2, 0.25) is 5.02 Å². The molecule has 1 aromatic carbocycles. The van der Waals surface area contributed by atoms with Crippen LogP contribution in [0.4, 0.5) is 5.69 Å². The minimum absolute atomic E-state index is 0.0528. The van der Waals surface area contributed by atoms with Gasteiger partial charge in [-0.2, -0.15) is 0 Å². The third-order valence-electron chi connectivity index (χ3n) is 1.85. The summed E-state index contributed by atoms with van der Waals surface area (Å²) in [5, 5.41) is 10.7. The highest BCUT2D eigenvalue weighted by Gasteiger charge is 2.12. The molecule has 0 radical (unpaired) electrons. The molecule has 5 nitrogen and oxygen atoms in total. The van der Waals surface area contributed by atoms with E-state index in [2.05, 4.69) is 0 Å². The molecule has 1 rings (SSSR count). The van der Waals surface area contributed by atoms with E-state index in [1.807, 2.05) is 0 Å². The Morgan fingerprint density at radius 3 is 2.64 bits per heavy atom. The zero-order chi connectivity index (χ0) is 10.7. The van der Waals surface area contributed by atoms with Gasteiger partial charge in [0.1, 0.15) is 0 Å².